The van der Waals surface area contributed by atoms with Crippen molar-refractivity contribution in [2.75, 3.05) is 6.61 Å². The number of allylic oxidation sites excluding steroid dienone is 14. The lowest BCUT2D eigenvalue weighted by molar-refractivity contribution is -0.151. The molecule has 3 atom stereocenters. The normalized spacial score (nSPS) is 14.0. The third kappa shape index (κ3) is 43.5. The van der Waals surface area contributed by atoms with Gasteiger partial charge in [-0.3, -0.25) is 9.59 Å². The molecule has 3 unspecified atom stereocenters. The predicted molar refractivity (Wildman–Crippen MR) is 264 cm³/mol. The molecule has 0 aromatic rings. The predicted octanol–water partition coefficient (Wildman–Crippen LogP) is 15.2. The van der Waals surface area contributed by atoms with Gasteiger partial charge in [0.25, 0.3) is 0 Å². The number of aliphatic hydroxyl groups excluding tert-OH is 2. The molecule has 0 radical (unpaired) electrons. The number of rotatable bonds is 44. The van der Waals surface area contributed by atoms with Crippen LogP contribution in [0.5, 0.6) is 0 Å². The van der Waals surface area contributed by atoms with Crippen molar-refractivity contribution in [3.8, 4) is 0 Å². The fourth-order valence-electron chi connectivity index (χ4n) is 7.32. The van der Waals surface area contributed by atoms with E-state index in [4.69, 9.17) is 4.74 Å². The van der Waals surface area contributed by atoms with Crippen LogP contribution in [-0.4, -0.2) is 46.9 Å². The third-order valence-electron chi connectivity index (χ3n) is 11.1. The van der Waals surface area contributed by atoms with E-state index in [9.17, 15) is 19.8 Å². The van der Waals surface area contributed by atoms with E-state index in [2.05, 4.69) is 80.8 Å². The van der Waals surface area contributed by atoms with E-state index < -0.39 is 18.2 Å². The molecule has 350 valence electrons. The largest absolute Gasteiger partial charge is 0.462 e. The second-order valence-corrected chi connectivity index (χ2v) is 17.0. The van der Waals surface area contributed by atoms with Gasteiger partial charge in [0.15, 0.2) is 0 Å². The molecule has 0 fully saturated rings. The lowest BCUT2D eigenvalue weighted by atomic mass is 10.0. The second kappa shape index (κ2) is 48.1. The van der Waals surface area contributed by atoms with Crippen molar-refractivity contribution in [2.24, 2.45) is 0 Å². The summed E-state index contributed by atoms with van der Waals surface area (Å²) in [6, 6.07) is -0.721. The number of aliphatic hydroxyl groups is 2. The first kappa shape index (κ1) is 58.0. The molecule has 0 heterocycles. The average molecular weight is 850 g/mol. The molecule has 3 N–H and O–H groups in total. The van der Waals surface area contributed by atoms with Crippen molar-refractivity contribution in [2.45, 2.75) is 244 Å². The minimum Gasteiger partial charge on any atom is -0.462 e. The van der Waals surface area contributed by atoms with Gasteiger partial charge in [-0.05, 0) is 64.2 Å². The van der Waals surface area contributed by atoms with E-state index in [-0.39, 0.29) is 24.9 Å². The second-order valence-electron chi connectivity index (χ2n) is 17.0. The van der Waals surface area contributed by atoms with Gasteiger partial charge in [0.05, 0.1) is 25.2 Å². The van der Waals surface area contributed by atoms with E-state index in [1.54, 1.807) is 0 Å². The number of nitrogens with one attached hydrogen (secondary N) is 1. The highest BCUT2D eigenvalue weighted by Gasteiger charge is 2.24. The number of hydrogen-bond donors (Lipinski definition) is 3. The monoisotopic (exact) mass is 850 g/mol. The number of ether oxygens (including phenoxy) is 1. The molecule has 0 saturated heterocycles. The van der Waals surface area contributed by atoms with Crippen molar-refractivity contribution in [1.82, 2.24) is 5.32 Å². The lowest BCUT2D eigenvalue weighted by Gasteiger charge is -2.24. The maximum absolute atomic E-state index is 13.2. The van der Waals surface area contributed by atoms with Crippen molar-refractivity contribution in [3.63, 3.8) is 0 Å². The van der Waals surface area contributed by atoms with Crippen LogP contribution in [0.1, 0.15) is 226 Å². The van der Waals surface area contributed by atoms with E-state index in [0.29, 0.717) is 19.3 Å². The molecule has 61 heavy (non-hydrogen) atoms. The molecule has 1 amide bonds. The fraction of sp³-hybridized carbons (Fsp3) is 0.709. The summed E-state index contributed by atoms with van der Waals surface area (Å²) in [4.78, 5) is 26.1. The Hall–Kier alpha value is -2.96. The Balaban J connectivity index is 4.62. The smallest absolute Gasteiger partial charge is 0.306 e. The summed E-state index contributed by atoms with van der Waals surface area (Å²) in [5.74, 6) is -0.545. The van der Waals surface area contributed by atoms with Gasteiger partial charge in [-0.1, -0.05) is 234 Å². The number of esters is 1. The van der Waals surface area contributed by atoms with Crippen LogP contribution >= 0.6 is 0 Å². The van der Waals surface area contributed by atoms with Crippen molar-refractivity contribution in [1.29, 1.82) is 0 Å². The molecule has 0 bridgehead atoms. The quantitative estimate of drug-likeness (QED) is 0.0322. The molecular weight excluding hydrogens is 755 g/mol. The summed E-state index contributed by atoms with van der Waals surface area (Å²) in [5.41, 5.74) is 0. The van der Waals surface area contributed by atoms with Gasteiger partial charge < -0.3 is 20.3 Å². The van der Waals surface area contributed by atoms with Gasteiger partial charge in [-0.2, -0.15) is 0 Å². The topological polar surface area (TPSA) is 95.9 Å². The van der Waals surface area contributed by atoms with Gasteiger partial charge in [0.2, 0.25) is 5.91 Å². The van der Waals surface area contributed by atoms with Crippen LogP contribution < -0.4 is 5.32 Å². The zero-order valence-corrected chi connectivity index (χ0v) is 39.8. The first-order valence-electron chi connectivity index (χ1n) is 25.4. The molecule has 6 nitrogen and oxygen atoms in total. The molecule has 0 saturated carbocycles. The van der Waals surface area contributed by atoms with Crippen molar-refractivity contribution >= 4 is 11.9 Å². The summed E-state index contributed by atoms with van der Waals surface area (Å²) in [7, 11) is 0. The SMILES string of the molecule is CC/C=C/C=C/C=C\C=C/CCCCCC(=O)OC(CCCCCCC/C=C/C=C/C=C/CC)CC(=O)NC(CO)C(O)CCCCCCCCCCCCCCCCCC. The van der Waals surface area contributed by atoms with Crippen LogP contribution in [0.25, 0.3) is 0 Å². The van der Waals surface area contributed by atoms with Crippen molar-refractivity contribution in [3.05, 3.63) is 85.1 Å². The molecule has 0 aliphatic carbocycles. The molecule has 0 aromatic heterocycles. The average Bonchev–Trinajstić information content (AvgIpc) is 3.25. The van der Waals surface area contributed by atoms with E-state index in [1.807, 2.05) is 30.4 Å². The third-order valence-corrected chi connectivity index (χ3v) is 11.1. The first-order valence-corrected chi connectivity index (χ1v) is 25.4. The fourth-order valence-corrected chi connectivity index (χ4v) is 7.32. The van der Waals surface area contributed by atoms with Gasteiger partial charge >= 0.3 is 5.97 Å². The highest BCUT2D eigenvalue weighted by atomic mass is 16.5. The number of carbonyl (C=O) groups is 2. The first-order chi connectivity index (χ1) is 30.0. The molecule has 0 aliphatic rings. The standard InChI is InChI=1S/C55H95NO5/c1-4-7-10-13-16-19-22-25-26-27-30-32-35-38-41-44-47-53(58)52(50-57)56-54(59)49-51(46-43-40-37-34-31-28-23-20-17-14-11-8-5-2)61-55(60)48-45-42-39-36-33-29-24-21-18-15-12-9-6-3/h8-9,11-12,14-15,17-18,20-21,23-24,29,33,51-53,57-58H,4-7,10,13,16,19,22,25-28,30-32,34-50H2,1-3H3,(H,56,59)/b11-8+,12-9+,17-14+,18-15+,23-20+,24-21-,33-29-. The van der Waals surface area contributed by atoms with Crippen LogP contribution in [-0.2, 0) is 14.3 Å². The summed E-state index contributed by atoms with van der Waals surface area (Å²) < 4.78 is 5.90. The minimum atomic E-state index is -0.805. The molecule has 0 aromatic carbocycles. The number of hydrogen-bond acceptors (Lipinski definition) is 5. The van der Waals surface area contributed by atoms with E-state index in [0.717, 1.165) is 96.3 Å². The Morgan fingerprint density at radius 2 is 0.885 bits per heavy atom. The Kier molecular flexibility index (Phi) is 45.7. The van der Waals surface area contributed by atoms with Crippen LogP contribution in [0, 0.1) is 0 Å². The highest BCUT2D eigenvalue weighted by molar-refractivity contribution is 5.77. The Morgan fingerprint density at radius 3 is 1.34 bits per heavy atom. The van der Waals surface area contributed by atoms with Gasteiger partial charge in [-0.25, -0.2) is 0 Å². The van der Waals surface area contributed by atoms with Gasteiger partial charge in [0.1, 0.15) is 6.10 Å². The summed E-state index contributed by atoms with van der Waals surface area (Å²) >= 11 is 0. The number of carbonyl (C=O) groups excluding carboxylic acids is 2. The molecule has 0 rings (SSSR count). The Morgan fingerprint density at radius 1 is 0.492 bits per heavy atom. The number of amides is 1. The van der Waals surface area contributed by atoms with Crippen LogP contribution in [0.4, 0.5) is 0 Å². The van der Waals surface area contributed by atoms with E-state index in [1.165, 1.54) is 83.5 Å². The molecule has 0 aliphatic heterocycles. The Bertz CT molecular complexity index is 1180. The summed E-state index contributed by atoms with van der Waals surface area (Å²) in [6.07, 6.45) is 62.1. The lowest BCUT2D eigenvalue weighted by Crippen LogP contribution is -2.46. The van der Waals surface area contributed by atoms with Crippen molar-refractivity contribution < 1.29 is 24.5 Å². The molecule has 0 spiro atoms. The molecule has 6 heteroatoms. The number of unbranched alkanes of at least 4 members (excludes halogenated alkanes) is 23. The summed E-state index contributed by atoms with van der Waals surface area (Å²) in [5, 5.41) is 23.8. The van der Waals surface area contributed by atoms with Crippen LogP contribution in [0.15, 0.2) is 85.1 Å². The highest BCUT2D eigenvalue weighted by Crippen LogP contribution is 2.17. The maximum Gasteiger partial charge on any atom is 0.306 e. The summed E-state index contributed by atoms with van der Waals surface area (Å²) in [6.45, 7) is 6.20. The van der Waals surface area contributed by atoms with Gasteiger partial charge in [-0.15, -0.1) is 0 Å². The Labute approximate surface area is 376 Å². The zero-order chi connectivity index (χ0) is 44.5. The molecular formula is C55H95NO5. The van der Waals surface area contributed by atoms with Crippen LogP contribution in [0.3, 0.4) is 0 Å². The minimum absolute atomic E-state index is 0.0438. The zero-order valence-electron chi connectivity index (χ0n) is 39.8. The van der Waals surface area contributed by atoms with Gasteiger partial charge in [0, 0.05) is 6.42 Å². The maximum atomic E-state index is 13.2. The van der Waals surface area contributed by atoms with E-state index >= 15 is 0 Å². The van der Waals surface area contributed by atoms with Crippen LogP contribution in [0.2, 0.25) is 0 Å².